The van der Waals surface area contributed by atoms with E-state index in [1.165, 1.54) is 11.8 Å². The Balaban J connectivity index is 1.84. The van der Waals surface area contributed by atoms with Crippen molar-refractivity contribution in [3.8, 4) is 0 Å². The summed E-state index contributed by atoms with van der Waals surface area (Å²) < 4.78 is 5.01. The fourth-order valence-electron chi connectivity index (χ4n) is 3.10. The highest BCUT2D eigenvalue weighted by Gasteiger charge is 2.42. The van der Waals surface area contributed by atoms with Gasteiger partial charge in [0.1, 0.15) is 6.26 Å². The lowest BCUT2D eigenvalue weighted by atomic mass is 9.78. The number of nitrogens with zero attached hydrogens (tertiary/aromatic N) is 1. The van der Waals surface area contributed by atoms with E-state index < -0.39 is 0 Å². The molecule has 1 saturated heterocycles. The minimum absolute atomic E-state index is 0.0604. The Morgan fingerprint density at radius 1 is 1.25 bits per heavy atom. The Morgan fingerprint density at radius 2 is 2.00 bits per heavy atom. The number of carbonyl (C=O) groups is 1. The minimum Gasteiger partial charge on any atom is -0.472 e. The van der Waals surface area contributed by atoms with Gasteiger partial charge in [0.25, 0.3) is 5.91 Å². The van der Waals surface area contributed by atoms with Gasteiger partial charge >= 0.3 is 0 Å². The molecule has 2 heterocycles. The van der Waals surface area contributed by atoms with Crippen LogP contribution in [0.4, 0.5) is 0 Å². The third-order valence-corrected chi connectivity index (χ3v) is 4.20. The van der Waals surface area contributed by atoms with E-state index in [9.17, 15) is 4.79 Å². The molecular weight excluding hydrogens is 250 g/mol. The van der Waals surface area contributed by atoms with Crippen LogP contribution in [0.1, 0.15) is 35.7 Å². The second kappa shape index (κ2) is 4.82. The maximum absolute atomic E-state index is 12.4. The molecule has 0 bridgehead atoms. The fourth-order valence-corrected chi connectivity index (χ4v) is 3.10. The summed E-state index contributed by atoms with van der Waals surface area (Å²) in [5.41, 5.74) is 2.02. The molecule has 104 valence electrons. The lowest BCUT2D eigenvalue weighted by Gasteiger charge is -2.25. The fraction of sp³-hybridized carbons (Fsp3) is 0.353. The molecule has 1 aromatic heterocycles. The smallest absolute Gasteiger partial charge is 0.257 e. The highest BCUT2D eigenvalue weighted by atomic mass is 16.3. The van der Waals surface area contributed by atoms with Gasteiger partial charge in [0.05, 0.1) is 11.8 Å². The standard InChI is InChI=1S/C17H19NO2/c1-17(2)12-18(16(19)14-8-9-20-11-14)10-15(17)13-6-4-3-5-7-13/h3-9,11,15H,10,12H2,1-2H3/t15-/m1/s1. The van der Waals surface area contributed by atoms with E-state index >= 15 is 0 Å². The van der Waals surface area contributed by atoms with Gasteiger partial charge in [0.15, 0.2) is 0 Å². The van der Waals surface area contributed by atoms with Gasteiger partial charge in [0.2, 0.25) is 0 Å². The summed E-state index contributed by atoms with van der Waals surface area (Å²) in [4.78, 5) is 14.4. The number of furan rings is 1. The maximum Gasteiger partial charge on any atom is 0.257 e. The number of likely N-dealkylation sites (tertiary alicyclic amines) is 1. The molecule has 1 amide bonds. The number of carbonyl (C=O) groups excluding carboxylic acids is 1. The van der Waals surface area contributed by atoms with Crippen molar-refractivity contribution in [3.63, 3.8) is 0 Å². The summed E-state index contributed by atoms with van der Waals surface area (Å²) in [7, 11) is 0. The molecule has 1 atom stereocenters. The lowest BCUT2D eigenvalue weighted by Crippen LogP contribution is -2.29. The third-order valence-electron chi connectivity index (χ3n) is 4.20. The highest BCUT2D eigenvalue weighted by Crippen LogP contribution is 2.42. The zero-order valence-corrected chi connectivity index (χ0v) is 11.9. The van der Waals surface area contributed by atoms with Crippen molar-refractivity contribution in [2.24, 2.45) is 5.41 Å². The minimum atomic E-state index is 0.0604. The van der Waals surface area contributed by atoms with Gasteiger partial charge in [-0.15, -0.1) is 0 Å². The Hall–Kier alpha value is -2.03. The molecule has 1 aromatic carbocycles. The van der Waals surface area contributed by atoms with Crippen molar-refractivity contribution in [1.29, 1.82) is 0 Å². The van der Waals surface area contributed by atoms with Gasteiger partial charge in [-0.3, -0.25) is 4.79 Å². The predicted molar refractivity (Wildman–Crippen MR) is 77.6 cm³/mol. The van der Waals surface area contributed by atoms with Crippen molar-refractivity contribution in [2.75, 3.05) is 13.1 Å². The van der Waals surface area contributed by atoms with E-state index in [0.29, 0.717) is 11.5 Å². The molecule has 3 nitrogen and oxygen atoms in total. The first-order valence-electron chi connectivity index (χ1n) is 6.94. The van der Waals surface area contributed by atoms with Crippen LogP contribution in [0.2, 0.25) is 0 Å². The summed E-state index contributed by atoms with van der Waals surface area (Å²) >= 11 is 0. The first kappa shape index (κ1) is 13.0. The van der Waals surface area contributed by atoms with Gasteiger partial charge in [-0.2, -0.15) is 0 Å². The molecule has 20 heavy (non-hydrogen) atoms. The van der Waals surface area contributed by atoms with Gasteiger partial charge < -0.3 is 9.32 Å². The van der Waals surface area contributed by atoms with E-state index in [-0.39, 0.29) is 11.3 Å². The summed E-state index contributed by atoms with van der Waals surface area (Å²) in [6.07, 6.45) is 3.06. The molecule has 3 heteroatoms. The Bertz CT molecular complexity index is 587. The first-order valence-corrected chi connectivity index (χ1v) is 6.94. The number of benzene rings is 1. The average Bonchev–Trinajstić information content (AvgIpc) is 3.06. The first-order chi connectivity index (χ1) is 9.58. The lowest BCUT2D eigenvalue weighted by molar-refractivity contribution is 0.0777. The molecule has 3 rings (SSSR count). The molecule has 1 aliphatic rings. The van der Waals surface area contributed by atoms with Crippen LogP contribution in [0.15, 0.2) is 53.3 Å². The molecule has 2 aromatic rings. The zero-order chi connectivity index (χ0) is 14.2. The normalized spacial score (nSPS) is 21.1. The van der Waals surface area contributed by atoms with Crippen molar-refractivity contribution >= 4 is 5.91 Å². The summed E-state index contributed by atoms with van der Waals surface area (Å²) in [5.74, 6) is 0.435. The van der Waals surface area contributed by atoms with Crippen LogP contribution in [-0.2, 0) is 0 Å². The number of rotatable bonds is 2. The van der Waals surface area contributed by atoms with Crippen LogP contribution in [0.5, 0.6) is 0 Å². The van der Waals surface area contributed by atoms with Crippen LogP contribution < -0.4 is 0 Å². The number of hydrogen-bond donors (Lipinski definition) is 0. The number of hydrogen-bond acceptors (Lipinski definition) is 2. The third kappa shape index (κ3) is 2.24. The quantitative estimate of drug-likeness (QED) is 0.835. The van der Waals surface area contributed by atoms with E-state index in [1.807, 2.05) is 11.0 Å². The van der Waals surface area contributed by atoms with Gasteiger partial charge in [-0.25, -0.2) is 0 Å². The molecule has 1 fully saturated rings. The van der Waals surface area contributed by atoms with Crippen LogP contribution in [0.3, 0.4) is 0 Å². The molecule has 0 radical (unpaired) electrons. The zero-order valence-electron chi connectivity index (χ0n) is 11.9. The van der Waals surface area contributed by atoms with E-state index in [2.05, 4.69) is 38.1 Å². The molecular formula is C17H19NO2. The highest BCUT2D eigenvalue weighted by molar-refractivity contribution is 5.94. The van der Waals surface area contributed by atoms with Crippen molar-refractivity contribution in [1.82, 2.24) is 4.90 Å². The molecule has 0 unspecified atom stereocenters. The van der Waals surface area contributed by atoms with Gasteiger partial charge in [0, 0.05) is 19.0 Å². The Labute approximate surface area is 119 Å². The topological polar surface area (TPSA) is 33.5 Å². The SMILES string of the molecule is CC1(C)CN(C(=O)c2ccoc2)C[C@@H]1c1ccccc1. The summed E-state index contributed by atoms with van der Waals surface area (Å²) in [6.45, 7) is 6.00. The van der Waals surface area contributed by atoms with E-state index in [4.69, 9.17) is 4.42 Å². The largest absolute Gasteiger partial charge is 0.472 e. The number of amides is 1. The van der Waals surface area contributed by atoms with Crippen LogP contribution in [-0.4, -0.2) is 23.9 Å². The molecule has 1 aliphatic heterocycles. The molecule has 0 aliphatic carbocycles. The second-order valence-electron chi connectivity index (χ2n) is 6.15. The van der Waals surface area contributed by atoms with Crippen LogP contribution in [0, 0.1) is 5.41 Å². The van der Waals surface area contributed by atoms with Crippen LogP contribution in [0.25, 0.3) is 0 Å². The van der Waals surface area contributed by atoms with E-state index in [1.54, 1.807) is 12.3 Å². The maximum atomic E-state index is 12.4. The molecule has 0 saturated carbocycles. The van der Waals surface area contributed by atoms with Crippen molar-refractivity contribution < 1.29 is 9.21 Å². The Kier molecular flexibility index (Phi) is 3.13. The van der Waals surface area contributed by atoms with Crippen molar-refractivity contribution in [3.05, 3.63) is 60.1 Å². The van der Waals surface area contributed by atoms with Gasteiger partial charge in [-0.05, 0) is 17.0 Å². The van der Waals surface area contributed by atoms with Gasteiger partial charge in [-0.1, -0.05) is 44.2 Å². The molecule has 0 spiro atoms. The Morgan fingerprint density at radius 3 is 2.65 bits per heavy atom. The summed E-state index contributed by atoms with van der Waals surface area (Å²) in [6, 6.07) is 12.2. The van der Waals surface area contributed by atoms with E-state index in [0.717, 1.165) is 13.1 Å². The monoisotopic (exact) mass is 269 g/mol. The molecule has 0 N–H and O–H groups in total. The second-order valence-corrected chi connectivity index (χ2v) is 6.15. The van der Waals surface area contributed by atoms with Crippen molar-refractivity contribution in [2.45, 2.75) is 19.8 Å². The summed E-state index contributed by atoms with van der Waals surface area (Å²) in [5, 5.41) is 0. The predicted octanol–water partition coefficient (Wildman–Crippen LogP) is 3.55. The average molecular weight is 269 g/mol. The van der Waals surface area contributed by atoms with Crippen LogP contribution >= 0.6 is 0 Å².